The SMILES string of the molecule is COc1cc(CC2CCCN2)cc(Cl)c1OC1CC1. The molecule has 1 saturated heterocycles. The van der Waals surface area contributed by atoms with E-state index >= 15 is 0 Å². The third-order valence-electron chi connectivity index (χ3n) is 3.74. The Morgan fingerprint density at radius 2 is 2.16 bits per heavy atom. The largest absolute Gasteiger partial charge is 0.493 e. The predicted octanol–water partition coefficient (Wildman–Crippen LogP) is 3.18. The van der Waals surface area contributed by atoms with Gasteiger partial charge in [-0.15, -0.1) is 0 Å². The fraction of sp³-hybridized carbons (Fsp3) is 0.600. The average Bonchev–Trinajstić information content (AvgIpc) is 3.08. The first-order chi connectivity index (χ1) is 9.26. The van der Waals surface area contributed by atoms with E-state index in [1.54, 1.807) is 7.11 Å². The van der Waals surface area contributed by atoms with Crippen molar-refractivity contribution in [2.75, 3.05) is 13.7 Å². The summed E-state index contributed by atoms with van der Waals surface area (Å²) < 4.78 is 11.3. The Morgan fingerprint density at radius 3 is 2.79 bits per heavy atom. The first kappa shape index (κ1) is 13.1. The topological polar surface area (TPSA) is 30.5 Å². The van der Waals surface area contributed by atoms with Gasteiger partial charge in [-0.1, -0.05) is 11.6 Å². The molecule has 1 aliphatic heterocycles. The van der Waals surface area contributed by atoms with Gasteiger partial charge in [0.05, 0.1) is 18.2 Å². The highest BCUT2D eigenvalue weighted by Gasteiger charge is 2.26. The van der Waals surface area contributed by atoms with Gasteiger partial charge in [0.2, 0.25) is 0 Å². The van der Waals surface area contributed by atoms with Crippen LogP contribution in [0.25, 0.3) is 0 Å². The highest BCUT2D eigenvalue weighted by atomic mass is 35.5. The van der Waals surface area contributed by atoms with E-state index < -0.39 is 0 Å². The summed E-state index contributed by atoms with van der Waals surface area (Å²) in [6, 6.07) is 4.64. The zero-order valence-electron chi connectivity index (χ0n) is 11.2. The number of hydrogen-bond acceptors (Lipinski definition) is 3. The maximum Gasteiger partial charge on any atom is 0.180 e. The second-order valence-corrected chi connectivity index (χ2v) is 5.83. The summed E-state index contributed by atoms with van der Waals surface area (Å²) in [7, 11) is 1.67. The van der Waals surface area contributed by atoms with Crippen LogP contribution in [0, 0.1) is 0 Å². The number of nitrogens with one attached hydrogen (secondary N) is 1. The fourth-order valence-corrected chi connectivity index (χ4v) is 2.85. The number of hydrogen-bond donors (Lipinski definition) is 1. The van der Waals surface area contributed by atoms with Crippen molar-refractivity contribution in [3.8, 4) is 11.5 Å². The maximum atomic E-state index is 6.35. The van der Waals surface area contributed by atoms with Gasteiger partial charge in [-0.2, -0.15) is 0 Å². The molecule has 0 aromatic heterocycles. The standard InChI is InChI=1S/C15H20ClNO2/c1-18-14-9-10(7-11-3-2-6-17-11)8-13(16)15(14)19-12-4-5-12/h8-9,11-12,17H,2-7H2,1H3. The molecular formula is C15H20ClNO2. The number of ether oxygens (including phenoxy) is 2. The van der Waals surface area contributed by atoms with E-state index in [2.05, 4.69) is 11.4 Å². The van der Waals surface area contributed by atoms with Crippen LogP contribution in [-0.2, 0) is 6.42 Å². The Bertz CT molecular complexity index is 454. The van der Waals surface area contributed by atoms with Crippen molar-refractivity contribution in [1.29, 1.82) is 0 Å². The quantitative estimate of drug-likeness (QED) is 0.899. The lowest BCUT2D eigenvalue weighted by Gasteiger charge is -2.15. The second-order valence-electron chi connectivity index (χ2n) is 5.42. The van der Waals surface area contributed by atoms with Gasteiger partial charge in [0.15, 0.2) is 11.5 Å². The van der Waals surface area contributed by atoms with Gasteiger partial charge < -0.3 is 14.8 Å². The molecule has 1 atom stereocenters. The molecule has 3 nitrogen and oxygen atoms in total. The molecule has 4 heteroatoms. The molecule has 1 saturated carbocycles. The summed E-state index contributed by atoms with van der Waals surface area (Å²) in [5.41, 5.74) is 1.21. The van der Waals surface area contributed by atoms with E-state index in [1.807, 2.05) is 6.07 Å². The minimum Gasteiger partial charge on any atom is -0.493 e. The van der Waals surface area contributed by atoms with E-state index in [9.17, 15) is 0 Å². The van der Waals surface area contributed by atoms with Crippen LogP contribution in [0.3, 0.4) is 0 Å². The molecule has 1 aliphatic carbocycles. The molecule has 0 radical (unpaired) electrons. The van der Waals surface area contributed by atoms with E-state index in [4.69, 9.17) is 21.1 Å². The monoisotopic (exact) mass is 281 g/mol. The molecule has 2 aliphatic rings. The third-order valence-corrected chi connectivity index (χ3v) is 4.02. The molecule has 0 amide bonds. The average molecular weight is 282 g/mol. The van der Waals surface area contributed by atoms with Crippen LogP contribution in [0.2, 0.25) is 5.02 Å². The molecule has 1 heterocycles. The second kappa shape index (κ2) is 5.59. The summed E-state index contributed by atoms with van der Waals surface area (Å²) in [6.07, 6.45) is 6.06. The van der Waals surface area contributed by atoms with Gasteiger partial charge in [0.1, 0.15) is 0 Å². The molecular weight excluding hydrogens is 262 g/mol. The van der Waals surface area contributed by atoms with Crippen molar-refractivity contribution >= 4 is 11.6 Å². The first-order valence-corrected chi connectivity index (χ1v) is 7.40. The zero-order chi connectivity index (χ0) is 13.2. The van der Waals surface area contributed by atoms with Crippen molar-refractivity contribution in [2.45, 2.75) is 44.2 Å². The summed E-state index contributed by atoms with van der Waals surface area (Å²) in [6.45, 7) is 1.12. The molecule has 2 fully saturated rings. The Morgan fingerprint density at radius 1 is 1.32 bits per heavy atom. The Hall–Kier alpha value is -0.930. The summed E-state index contributed by atoms with van der Waals surface area (Å²) >= 11 is 6.35. The normalized spacial score (nSPS) is 22.5. The molecule has 3 rings (SSSR count). The van der Waals surface area contributed by atoms with Crippen molar-refractivity contribution < 1.29 is 9.47 Å². The lowest BCUT2D eigenvalue weighted by Crippen LogP contribution is -2.23. The van der Waals surface area contributed by atoms with E-state index in [-0.39, 0.29) is 0 Å². The number of methoxy groups -OCH3 is 1. The van der Waals surface area contributed by atoms with Gasteiger partial charge >= 0.3 is 0 Å². The Kier molecular flexibility index (Phi) is 3.85. The van der Waals surface area contributed by atoms with Crippen LogP contribution in [0.4, 0.5) is 0 Å². The van der Waals surface area contributed by atoms with Crippen molar-refractivity contribution in [3.63, 3.8) is 0 Å². The minimum absolute atomic E-state index is 0.328. The van der Waals surface area contributed by atoms with E-state index in [1.165, 1.54) is 18.4 Å². The molecule has 1 unspecified atom stereocenters. The van der Waals surface area contributed by atoms with Crippen molar-refractivity contribution in [1.82, 2.24) is 5.32 Å². The predicted molar refractivity (Wildman–Crippen MR) is 76.4 cm³/mol. The van der Waals surface area contributed by atoms with Crippen molar-refractivity contribution in [3.05, 3.63) is 22.7 Å². The molecule has 19 heavy (non-hydrogen) atoms. The fourth-order valence-electron chi connectivity index (χ4n) is 2.57. The van der Waals surface area contributed by atoms with Gasteiger partial charge in [-0.25, -0.2) is 0 Å². The molecule has 0 bridgehead atoms. The maximum absolute atomic E-state index is 6.35. The molecule has 1 aromatic rings. The van der Waals surface area contributed by atoms with Crippen LogP contribution in [0.5, 0.6) is 11.5 Å². The van der Waals surface area contributed by atoms with Gasteiger partial charge in [0.25, 0.3) is 0 Å². The summed E-state index contributed by atoms with van der Waals surface area (Å²) in [4.78, 5) is 0. The van der Waals surface area contributed by atoms with E-state index in [0.29, 0.717) is 22.9 Å². The highest BCUT2D eigenvalue weighted by molar-refractivity contribution is 6.32. The molecule has 1 aromatic carbocycles. The molecule has 1 N–H and O–H groups in total. The lowest BCUT2D eigenvalue weighted by molar-refractivity contribution is 0.282. The summed E-state index contributed by atoms with van der Waals surface area (Å²) in [5.74, 6) is 1.46. The Balaban J connectivity index is 1.78. The molecule has 0 spiro atoms. The number of benzene rings is 1. The van der Waals surface area contributed by atoms with Gasteiger partial charge in [0, 0.05) is 6.04 Å². The lowest BCUT2D eigenvalue weighted by atomic mass is 10.0. The van der Waals surface area contributed by atoms with Crippen LogP contribution in [0.15, 0.2) is 12.1 Å². The molecule has 104 valence electrons. The Labute approximate surface area is 119 Å². The number of halogens is 1. The summed E-state index contributed by atoms with van der Waals surface area (Å²) in [5, 5.41) is 4.17. The third kappa shape index (κ3) is 3.15. The van der Waals surface area contributed by atoms with Crippen molar-refractivity contribution in [2.24, 2.45) is 0 Å². The van der Waals surface area contributed by atoms with Crippen LogP contribution in [-0.4, -0.2) is 25.8 Å². The van der Waals surface area contributed by atoms with Crippen LogP contribution < -0.4 is 14.8 Å². The first-order valence-electron chi connectivity index (χ1n) is 7.02. The minimum atomic E-state index is 0.328. The van der Waals surface area contributed by atoms with E-state index in [0.717, 1.165) is 31.6 Å². The van der Waals surface area contributed by atoms with Gasteiger partial charge in [-0.05, 0) is 56.3 Å². The zero-order valence-corrected chi connectivity index (χ0v) is 12.0. The highest BCUT2D eigenvalue weighted by Crippen LogP contribution is 2.40. The van der Waals surface area contributed by atoms with Crippen LogP contribution >= 0.6 is 11.6 Å². The van der Waals surface area contributed by atoms with Crippen LogP contribution in [0.1, 0.15) is 31.2 Å². The number of rotatable bonds is 5. The smallest absolute Gasteiger partial charge is 0.180 e. The van der Waals surface area contributed by atoms with Gasteiger partial charge in [-0.3, -0.25) is 0 Å².